The van der Waals surface area contributed by atoms with Gasteiger partial charge >= 0.3 is 6.18 Å². The number of thiophene rings is 1. The summed E-state index contributed by atoms with van der Waals surface area (Å²) < 4.78 is 75.0. The summed E-state index contributed by atoms with van der Waals surface area (Å²) in [4.78, 5) is 10.9. The summed E-state index contributed by atoms with van der Waals surface area (Å²) in [6.07, 6.45) is -2.00. The Morgan fingerprint density at radius 2 is 1.90 bits per heavy atom. The van der Waals surface area contributed by atoms with Crippen LogP contribution in [-0.2, 0) is 12.6 Å². The third-order valence-corrected chi connectivity index (χ3v) is 8.48. The number of piperazine rings is 1. The fourth-order valence-electron chi connectivity index (χ4n) is 5.80. The summed E-state index contributed by atoms with van der Waals surface area (Å²) in [6.45, 7) is 2.99. The van der Waals surface area contributed by atoms with E-state index >= 15 is 4.39 Å². The van der Waals surface area contributed by atoms with Gasteiger partial charge in [0.25, 0.3) is 0 Å². The summed E-state index contributed by atoms with van der Waals surface area (Å²) in [5, 5.41) is 12.9. The average molecular weight is 559 g/mol. The Hall–Kier alpha value is -3.56. The molecule has 0 spiro atoms. The van der Waals surface area contributed by atoms with E-state index in [2.05, 4.69) is 15.3 Å². The number of nitriles is 1. The quantitative estimate of drug-likeness (QED) is 0.292. The highest BCUT2D eigenvalue weighted by Crippen LogP contribution is 2.48. The van der Waals surface area contributed by atoms with Crippen LogP contribution < -0.4 is 16.0 Å². The van der Waals surface area contributed by atoms with Crippen molar-refractivity contribution in [3.63, 3.8) is 0 Å². The van der Waals surface area contributed by atoms with Crippen LogP contribution in [0.4, 0.5) is 32.8 Å². The molecule has 3 N–H and O–H groups in total. The lowest BCUT2D eigenvalue weighted by atomic mass is 9.92. The zero-order valence-electron chi connectivity index (χ0n) is 20.8. The van der Waals surface area contributed by atoms with E-state index in [1.54, 1.807) is 0 Å². The fourth-order valence-corrected chi connectivity index (χ4v) is 6.75. The fraction of sp³-hybridized carbons (Fsp3) is 0.370. The highest BCUT2D eigenvalue weighted by atomic mass is 32.1. The molecule has 6 nitrogen and oxygen atoms in total. The molecule has 0 aliphatic carbocycles. The zero-order chi connectivity index (χ0) is 27.6. The highest BCUT2D eigenvalue weighted by molar-refractivity contribution is 7.23. The van der Waals surface area contributed by atoms with Gasteiger partial charge < -0.3 is 16.0 Å². The van der Waals surface area contributed by atoms with Crippen molar-refractivity contribution in [3.8, 4) is 17.2 Å². The van der Waals surface area contributed by atoms with Gasteiger partial charge in [0.05, 0.1) is 15.8 Å². The van der Waals surface area contributed by atoms with Gasteiger partial charge in [0, 0.05) is 47.9 Å². The number of halogens is 5. The van der Waals surface area contributed by atoms with E-state index < -0.39 is 28.9 Å². The Bertz CT molecular complexity index is 1660. The van der Waals surface area contributed by atoms with Crippen molar-refractivity contribution in [2.24, 2.45) is 0 Å². The van der Waals surface area contributed by atoms with Gasteiger partial charge in [-0.3, -0.25) is 0 Å². The lowest BCUT2D eigenvalue weighted by molar-refractivity contribution is -0.137. The molecular formula is C27H23F5N6S. The molecule has 39 heavy (non-hydrogen) atoms. The minimum atomic E-state index is -4.97. The van der Waals surface area contributed by atoms with Crippen molar-refractivity contribution < 1.29 is 22.0 Å². The summed E-state index contributed by atoms with van der Waals surface area (Å²) in [7, 11) is 0. The van der Waals surface area contributed by atoms with E-state index in [-0.39, 0.29) is 55.0 Å². The Morgan fingerprint density at radius 1 is 1.18 bits per heavy atom. The van der Waals surface area contributed by atoms with E-state index in [0.717, 1.165) is 42.4 Å². The smallest absolute Gasteiger partial charge is 0.389 e. The molecule has 0 amide bonds. The number of nitrogens with one attached hydrogen (secondary N) is 1. The largest absolute Gasteiger partial charge is 0.417 e. The Morgan fingerprint density at radius 3 is 2.54 bits per heavy atom. The van der Waals surface area contributed by atoms with Gasteiger partial charge in [-0.15, -0.1) is 11.3 Å². The second-order valence-corrected chi connectivity index (χ2v) is 11.1. The third kappa shape index (κ3) is 4.15. The number of alkyl halides is 3. The summed E-state index contributed by atoms with van der Waals surface area (Å²) in [5.41, 5.74) is 3.16. The number of benzene rings is 2. The number of aryl methyl sites for hydroxylation is 1. The van der Waals surface area contributed by atoms with Crippen LogP contribution >= 0.6 is 11.3 Å². The number of rotatable bonds is 4. The van der Waals surface area contributed by atoms with Crippen molar-refractivity contribution in [3.05, 3.63) is 46.8 Å². The third-order valence-electron chi connectivity index (χ3n) is 7.45. The average Bonchev–Trinajstić information content (AvgIpc) is 3.41. The summed E-state index contributed by atoms with van der Waals surface area (Å²) >= 11 is 0.737. The van der Waals surface area contributed by atoms with Crippen LogP contribution in [0.25, 0.3) is 32.1 Å². The first kappa shape index (κ1) is 25.7. The molecule has 4 heterocycles. The van der Waals surface area contributed by atoms with Crippen LogP contribution in [0.15, 0.2) is 18.2 Å². The Balaban J connectivity index is 1.69. The lowest BCUT2D eigenvalue weighted by Gasteiger charge is -2.34. The molecule has 2 atom stereocenters. The van der Waals surface area contributed by atoms with Crippen molar-refractivity contribution in [1.29, 1.82) is 5.26 Å². The highest BCUT2D eigenvalue weighted by Gasteiger charge is 2.39. The second kappa shape index (κ2) is 9.27. The molecular weight excluding hydrogens is 535 g/mol. The van der Waals surface area contributed by atoms with Gasteiger partial charge in [0.2, 0.25) is 0 Å². The van der Waals surface area contributed by atoms with E-state index in [4.69, 9.17) is 5.73 Å². The van der Waals surface area contributed by atoms with E-state index in [0.29, 0.717) is 31.8 Å². The molecule has 2 fully saturated rings. The standard InChI is InChI=1S/C27H23F5N6S/c1-2-3-19-36-23-15(26(37-19)38-10-12-4-5-13(11-38)35-12)8-17(27(30,31)32)21(22(23)29)14-6-7-18(28)24-20(14)16(9-33)25(34)39-24/h6-8,12-13,35H,2-5,10-11,34H2,1H3. The number of hydrogen-bond donors (Lipinski definition) is 2. The Labute approximate surface area is 224 Å². The van der Waals surface area contributed by atoms with Crippen LogP contribution in [0.2, 0.25) is 0 Å². The SMILES string of the molecule is CCCc1nc(N2CC3CCC(C2)N3)c2cc(C(F)(F)F)c(-c3ccc(F)c4sc(N)c(C#N)c34)c(F)c2n1. The normalized spacial score (nSPS) is 19.3. The Kier molecular flexibility index (Phi) is 6.11. The monoisotopic (exact) mass is 558 g/mol. The first-order valence-electron chi connectivity index (χ1n) is 12.6. The summed E-state index contributed by atoms with van der Waals surface area (Å²) in [6, 6.07) is 5.10. The van der Waals surface area contributed by atoms with E-state index in [1.807, 2.05) is 17.9 Å². The van der Waals surface area contributed by atoms with Gasteiger partial charge in [-0.1, -0.05) is 13.0 Å². The van der Waals surface area contributed by atoms with E-state index in [9.17, 15) is 22.8 Å². The number of nitrogen functional groups attached to an aromatic ring is 1. The maximum Gasteiger partial charge on any atom is 0.417 e. The zero-order valence-corrected chi connectivity index (χ0v) is 21.6. The van der Waals surface area contributed by atoms with Crippen molar-refractivity contribution >= 4 is 43.1 Å². The maximum atomic E-state index is 16.5. The van der Waals surface area contributed by atoms with Crippen molar-refractivity contribution in [1.82, 2.24) is 15.3 Å². The number of hydrogen-bond acceptors (Lipinski definition) is 7. The number of anilines is 2. The molecule has 2 aromatic heterocycles. The molecule has 0 saturated carbocycles. The first-order chi connectivity index (χ1) is 18.6. The maximum absolute atomic E-state index is 16.5. The number of aromatic nitrogens is 2. The van der Waals surface area contributed by atoms with Crippen LogP contribution in [0.3, 0.4) is 0 Å². The molecule has 2 aliphatic heterocycles. The summed E-state index contributed by atoms with van der Waals surface area (Å²) in [5.74, 6) is -1.35. The van der Waals surface area contributed by atoms with Gasteiger partial charge in [-0.25, -0.2) is 18.7 Å². The second-order valence-electron chi connectivity index (χ2n) is 10.0. The van der Waals surface area contributed by atoms with Crippen LogP contribution in [0.5, 0.6) is 0 Å². The minimum Gasteiger partial charge on any atom is -0.389 e. The van der Waals surface area contributed by atoms with Crippen LogP contribution in [-0.4, -0.2) is 35.1 Å². The molecule has 2 unspecified atom stereocenters. The van der Waals surface area contributed by atoms with Crippen molar-refractivity contribution in [2.75, 3.05) is 23.7 Å². The predicted octanol–water partition coefficient (Wildman–Crippen LogP) is 6.16. The molecule has 2 aromatic carbocycles. The molecule has 2 bridgehead atoms. The molecule has 4 aromatic rings. The molecule has 202 valence electrons. The molecule has 12 heteroatoms. The minimum absolute atomic E-state index is 0.0339. The molecule has 2 aliphatic rings. The van der Waals surface area contributed by atoms with Gasteiger partial charge in [-0.2, -0.15) is 18.4 Å². The van der Waals surface area contributed by atoms with Crippen LogP contribution in [0, 0.1) is 23.0 Å². The van der Waals surface area contributed by atoms with Crippen molar-refractivity contribution in [2.45, 2.75) is 50.9 Å². The first-order valence-corrected chi connectivity index (χ1v) is 13.4. The molecule has 2 saturated heterocycles. The predicted molar refractivity (Wildman–Crippen MR) is 141 cm³/mol. The number of fused-ring (bicyclic) bond motifs is 4. The van der Waals surface area contributed by atoms with Gasteiger partial charge in [0.15, 0.2) is 5.82 Å². The number of nitrogens with two attached hydrogens (primary N) is 1. The number of nitrogens with zero attached hydrogens (tertiary/aromatic N) is 4. The van der Waals surface area contributed by atoms with Gasteiger partial charge in [-0.05, 0) is 37.0 Å². The van der Waals surface area contributed by atoms with Crippen LogP contribution in [0.1, 0.15) is 43.1 Å². The lowest BCUT2D eigenvalue weighted by Crippen LogP contribution is -2.51. The van der Waals surface area contributed by atoms with Gasteiger partial charge in [0.1, 0.15) is 34.0 Å². The van der Waals surface area contributed by atoms with E-state index in [1.165, 1.54) is 0 Å². The topological polar surface area (TPSA) is 90.9 Å². The molecule has 0 radical (unpaired) electrons. The molecule has 6 rings (SSSR count).